The maximum absolute atomic E-state index is 12.8. The van der Waals surface area contributed by atoms with E-state index >= 15 is 0 Å². The highest BCUT2D eigenvalue weighted by molar-refractivity contribution is 8.19. The second-order valence-corrected chi connectivity index (χ2v) is 7.19. The molecule has 0 unspecified atom stereocenters. The fraction of sp³-hybridized carbons (Fsp3) is 0.100. The van der Waals surface area contributed by atoms with Gasteiger partial charge in [0, 0.05) is 5.56 Å². The topological polar surface area (TPSA) is 79.0 Å². The van der Waals surface area contributed by atoms with Gasteiger partial charge in [-0.1, -0.05) is 36.4 Å². The summed E-state index contributed by atoms with van der Waals surface area (Å²) in [5.41, 5.74) is 4.34. The lowest BCUT2D eigenvalue weighted by atomic mass is 10.1. The van der Waals surface area contributed by atoms with E-state index < -0.39 is 0 Å². The molecule has 4 rings (SSSR count). The molecule has 27 heavy (non-hydrogen) atoms. The highest BCUT2D eigenvalue weighted by atomic mass is 32.2. The number of thioether (sulfide) groups is 1. The van der Waals surface area contributed by atoms with Crippen molar-refractivity contribution < 1.29 is 9.59 Å². The first-order chi connectivity index (χ1) is 13.0. The quantitative estimate of drug-likeness (QED) is 0.688. The molecular formula is C20H16N4O2S. The molecule has 7 heteroatoms. The lowest BCUT2D eigenvalue weighted by Crippen LogP contribution is -2.28. The SMILES string of the molecule is Cc1cccc(N2C(=O)S/C(=C\c3ccc(-c4nnc[nH]4)cc3)C2=O)c1C. The van der Waals surface area contributed by atoms with Gasteiger partial charge in [-0.2, -0.15) is 0 Å². The normalized spacial score (nSPS) is 15.8. The molecule has 134 valence electrons. The van der Waals surface area contributed by atoms with E-state index in [1.807, 2.05) is 50.2 Å². The fourth-order valence-electron chi connectivity index (χ4n) is 2.89. The molecule has 3 aromatic rings. The Balaban J connectivity index is 1.62. The van der Waals surface area contributed by atoms with E-state index in [-0.39, 0.29) is 11.1 Å². The van der Waals surface area contributed by atoms with Gasteiger partial charge in [0.1, 0.15) is 6.33 Å². The molecule has 1 fully saturated rings. The molecule has 0 spiro atoms. The summed E-state index contributed by atoms with van der Waals surface area (Å²) in [4.78, 5) is 29.9. The molecule has 6 nitrogen and oxygen atoms in total. The lowest BCUT2D eigenvalue weighted by Gasteiger charge is -2.16. The first-order valence-electron chi connectivity index (χ1n) is 8.35. The molecule has 1 N–H and O–H groups in total. The third-order valence-corrected chi connectivity index (χ3v) is 5.38. The second-order valence-electron chi connectivity index (χ2n) is 6.20. The van der Waals surface area contributed by atoms with E-state index in [1.54, 1.807) is 12.1 Å². The van der Waals surface area contributed by atoms with E-state index in [2.05, 4.69) is 15.2 Å². The highest BCUT2D eigenvalue weighted by Crippen LogP contribution is 2.37. The van der Waals surface area contributed by atoms with Crippen LogP contribution >= 0.6 is 11.8 Å². The molecule has 1 aliphatic heterocycles. The molecule has 2 amide bonds. The van der Waals surface area contributed by atoms with Crippen molar-refractivity contribution in [2.24, 2.45) is 0 Å². The van der Waals surface area contributed by atoms with Gasteiger partial charge < -0.3 is 4.98 Å². The summed E-state index contributed by atoms with van der Waals surface area (Å²) in [7, 11) is 0. The van der Waals surface area contributed by atoms with E-state index in [0.717, 1.165) is 34.0 Å². The largest absolute Gasteiger partial charge is 0.328 e. The molecule has 0 aliphatic carbocycles. The number of hydrogen-bond acceptors (Lipinski definition) is 5. The van der Waals surface area contributed by atoms with Crippen LogP contribution in [0.5, 0.6) is 0 Å². The van der Waals surface area contributed by atoms with E-state index in [0.29, 0.717) is 16.4 Å². The maximum Gasteiger partial charge on any atom is 0.298 e. The van der Waals surface area contributed by atoms with Gasteiger partial charge in [-0.3, -0.25) is 9.59 Å². The van der Waals surface area contributed by atoms with Crippen LogP contribution in [0, 0.1) is 13.8 Å². The number of aromatic nitrogens is 3. The molecule has 1 saturated heterocycles. The zero-order valence-corrected chi connectivity index (χ0v) is 15.6. The number of rotatable bonds is 3. The Bertz CT molecular complexity index is 1060. The van der Waals surface area contributed by atoms with E-state index in [1.165, 1.54) is 11.2 Å². The van der Waals surface area contributed by atoms with Gasteiger partial charge in [0.15, 0.2) is 5.82 Å². The lowest BCUT2D eigenvalue weighted by molar-refractivity contribution is -0.113. The van der Waals surface area contributed by atoms with Gasteiger partial charge in [-0.05, 0) is 54.4 Å². The van der Waals surface area contributed by atoms with Gasteiger partial charge in [-0.25, -0.2) is 4.90 Å². The van der Waals surface area contributed by atoms with Crippen LogP contribution in [-0.4, -0.2) is 26.3 Å². The number of aryl methyl sites for hydroxylation is 1. The van der Waals surface area contributed by atoms with Crippen LogP contribution in [0.25, 0.3) is 17.5 Å². The molecule has 2 aromatic carbocycles. The summed E-state index contributed by atoms with van der Waals surface area (Å²) >= 11 is 0.958. The first kappa shape index (κ1) is 17.2. The maximum atomic E-state index is 12.8. The standard InChI is InChI=1S/C20H16N4O2S/c1-12-4-3-5-16(13(12)2)24-19(25)17(27-20(24)26)10-14-6-8-15(9-7-14)18-21-11-22-23-18/h3-11H,1-2H3,(H,21,22,23)/b17-10-. The first-order valence-corrected chi connectivity index (χ1v) is 9.17. The molecule has 0 radical (unpaired) electrons. The van der Waals surface area contributed by atoms with Crippen LogP contribution < -0.4 is 4.90 Å². The van der Waals surface area contributed by atoms with Crippen molar-refractivity contribution >= 4 is 34.7 Å². The number of nitrogens with zero attached hydrogens (tertiary/aromatic N) is 3. The van der Waals surface area contributed by atoms with Crippen molar-refractivity contribution in [3.8, 4) is 11.4 Å². The summed E-state index contributed by atoms with van der Waals surface area (Å²) in [6.45, 7) is 3.88. The van der Waals surface area contributed by atoms with Gasteiger partial charge in [0.2, 0.25) is 0 Å². The molecule has 0 bridgehead atoms. The zero-order valence-electron chi connectivity index (χ0n) is 14.8. The Morgan fingerprint density at radius 1 is 1.07 bits per heavy atom. The van der Waals surface area contributed by atoms with Crippen molar-refractivity contribution in [2.45, 2.75) is 13.8 Å². The summed E-state index contributed by atoms with van der Waals surface area (Å²) in [5, 5.41) is 7.45. The molecule has 2 heterocycles. The predicted molar refractivity (Wildman–Crippen MR) is 106 cm³/mol. The predicted octanol–water partition coefficient (Wildman–Crippen LogP) is 4.33. The van der Waals surface area contributed by atoms with Crippen LogP contribution in [0.15, 0.2) is 53.7 Å². The number of carbonyl (C=O) groups is 2. The minimum Gasteiger partial charge on any atom is -0.328 e. The Hall–Kier alpha value is -3.19. The number of benzene rings is 2. The minimum atomic E-state index is -0.294. The summed E-state index contributed by atoms with van der Waals surface area (Å²) in [6, 6.07) is 13.2. The van der Waals surface area contributed by atoms with Gasteiger partial charge in [0.25, 0.3) is 11.1 Å². The highest BCUT2D eigenvalue weighted by Gasteiger charge is 2.37. The van der Waals surface area contributed by atoms with Crippen LogP contribution in [0.2, 0.25) is 0 Å². The number of H-pyrrole nitrogens is 1. The average Bonchev–Trinajstić information content (AvgIpc) is 3.28. The number of carbonyl (C=O) groups excluding carboxylic acids is 2. The van der Waals surface area contributed by atoms with Crippen LogP contribution in [0.4, 0.5) is 10.5 Å². The zero-order chi connectivity index (χ0) is 19.0. The Morgan fingerprint density at radius 2 is 1.85 bits per heavy atom. The van der Waals surface area contributed by atoms with Gasteiger partial charge in [0.05, 0.1) is 10.6 Å². The minimum absolute atomic E-state index is 0.279. The van der Waals surface area contributed by atoms with Crippen LogP contribution in [0.1, 0.15) is 16.7 Å². The van der Waals surface area contributed by atoms with Crippen molar-refractivity contribution in [2.75, 3.05) is 4.90 Å². The van der Waals surface area contributed by atoms with E-state index in [4.69, 9.17) is 0 Å². The monoisotopic (exact) mass is 376 g/mol. The summed E-state index contributed by atoms with van der Waals surface area (Å²) in [5.74, 6) is 0.384. The summed E-state index contributed by atoms with van der Waals surface area (Å²) < 4.78 is 0. The third-order valence-electron chi connectivity index (χ3n) is 4.51. The van der Waals surface area contributed by atoms with Crippen molar-refractivity contribution in [1.29, 1.82) is 0 Å². The van der Waals surface area contributed by atoms with Crippen molar-refractivity contribution in [3.63, 3.8) is 0 Å². The Kier molecular flexibility index (Phi) is 4.37. The molecule has 1 aliphatic rings. The number of nitrogens with one attached hydrogen (secondary N) is 1. The number of anilines is 1. The van der Waals surface area contributed by atoms with Crippen molar-refractivity contribution in [1.82, 2.24) is 15.2 Å². The third kappa shape index (κ3) is 3.17. The molecule has 0 atom stereocenters. The number of imide groups is 1. The number of hydrogen-bond donors (Lipinski definition) is 1. The molecule has 0 saturated carbocycles. The fourth-order valence-corrected chi connectivity index (χ4v) is 3.72. The molecular weight excluding hydrogens is 360 g/mol. The Morgan fingerprint density at radius 3 is 2.56 bits per heavy atom. The Labute approximate surface area is 160 Å². The van der Waals surface area contributed by atoms with E-state index in [9.17, 15) is 9.59 Å². The summed E-state index contributed by atoms with van der Waals surface area (Å²) in [6.07, 6.45) is 3.26. The van der Waals surface area contributed by atoms with Gasteiger partial charge >= 0.3 is 0 Å². The van der Waals surface area contributed by atoms with Crippen LogP contribution in [0.3, 0.4) is 0 Å². The van der Waals surface area contributed by atoms with Crippen molar-refractivity contribution in [3.05, 3.63) is 70.4 Å². The average molecular weight is 376 g/mol. The van der Waals surface area contributed by atoms with Crippen LogP contribution in [-0.2, 0) is 4.79 Å². The smallest absolute Gasteiger partial charge is 0.298 e. The van der Waals surface area contributed by atoms with Gasteiger partial charge in [-0.15, -0.1) is 10.2 Å². The number of amides is 2. The molecule has 1 aromatic heterocycles. The number of aromatic amines is 1. The second kappa shape index (κ2) is 6.85.